The second kappa shape index (κ2) is 26.2. The summed E-state index contributed by atoms with van der Waals surface area (Å²) in [6.45, 7) is 5.96. The van der Waals surface area contributed by atoms with Crippen LogP contribution < -0.4 is 41.4 Å². The van der Waals surface area contributed by atoms with Crippen molar-refractivity contribution < 1.29 is 35.9 Å². The van der Waals surface area contributed by atoms with Crippen LogP contribution in [0.5, 0.6) is 23.0 Å². The zero-order valence-corrected chi connectivity index (χ0v) is 39.8. The van der Waals surface area contributed by atoms with Gasteiger partial charge >= 0.3 is 0 Å². The van der Waals surface area contributed by atoms with Crippen molar-refractivity contribution >= 4 is 43.2 Å². The molecule has 0 spiro atoms. The fraction of sp³-hybridized carbons (Fsp3) is 0.204. The molecule has 4 aromatic carbocycles. The van der Waals surface area contributed by atoms with Gasteiger partial charge in [0.15, 0.2) is 11.5 Å². The van der Waals surface area contributed by atoms with Gasteiger partial charge in [-0.05, 0) is 85.6 Å². The molecule has 9 N–H and O–H groups in total. The van der Waals surface area contributed by atoms with Gasteiger partial charge in [0.25, 0.3) is 11.8 Å². The first-order chi connectivity index (χ1) is 33.2. The Hall–Kier alpha value is -7.49. The second-order valence-electron chi connectivity index (χ2n) is 15.0. The third-order valence-electron chi connectivity index (χ3n) is 9.68. The number of ether oxygens (including phenoxy) is 2. The molecule has 7 aromatic rings. The van der Waals surface area contributed by atoms with Crippen molar-refractivity contribution in [2.75, 3.05) is 23.7 Å². The van der Waals surface area contributed by atoms with Crippen LogP contribution in [-0.2, 0) is 33.1 Å². The smallest absolute Gasteiger partial charge is 0.263 e. The number of rotatable bonds is 19. The van der Waals surface area contributed by atoms with Gasteiger partial charge in [-0.15, -0.1) is 0 Å². The van der Waals surface area contributed by atoms with E-state index >= 15 is 0 Å². The van der Waals surface area contributed by atoms with E-state index in [2.05, 4.69) is 30.9 Å². The molecule has 3 aromatic heterocycles. The molecule has 0 saturated carbocycles. The van der Waals surface area contributed by atoms with Crippen LogP contribution in [0.25, 0.3) is 0 Å². The van der Waals surface area contributed by atoms with Gasteiger partial charge < -0.3 is 31.2 Å². The van der Waals surface area contributed by atoms with Crippen molar-refractivity contribution in [1.82, 2.24) is 24.8 Å². The highest BCUT2D eigenvalue weighted by molar-refractivity contribution is 7.89. The largest absolute Gasteiger partial charge is 0.454 e. The van der Waals surface area contributed by atoms with Crippen LogP contribution >= 0.6 is 0 Å². The molecule has 0 atom stereocenters. The van der Waals surface area contributed by atoms with Gasteiger partial charge in [0, 0.05) is 55.5 Å². The summed E-state index contributed by atoms with van der Waals surface area (Å²) in [6.07, 6.45) is 11.3. The molecule has 1 amide bonds. The number of sulfonamides is 2. The maximum atomic E-state index is 12.8. The van der Waals surface area contributed by atoms with E-state index in [1.54, 1.807) is 85.2 Å². The molecule has 7 rings (SSSR count). The van der Waals surface area contributed by atoms with Gasteiger partial charge in [0.2, 0.25) is 20.0 Å². The van der Waals surface area contributed by atoms with Gasteiger partial charge in [-0.1, -0.05) is 75.2 Å². The van der Waals surface area contributed by atoms with Crippen molar-refractivity contribution in [1.29, 1.82) is 0 Å². The highest BCUT2D eigenvalue weighted by Gasteiger charge is 2.25. The average Bonchev–Trinajstić information content (AvgIpc) is 3.90. The zero-order valence-electron chi connectivity index (χ0n) is 38.2. The van der Waals surface area contributed by atoms with Crippen LogP contribution in [0, 0.1) is 0 Å². The Morgan fingerprint density at radius 2 is 1.10 bits per heavy atom. The molecule has 18 nitrogen and oxygen atoms in total. The van der Waals surface area contributed by atoms with E-state index in [0.29, 0.717) is 48.2 Å². The van der Waals surface area contributed by atoms with Gasteiger partial charge in [0.1, 0.15) is 27.6 Å². The van der Waals surface area contributed by atoms with Gasteiger partial charge in [-0.2, -0.15) is 0 Å². The summed E-state index contributed by atoms with van der Waals surface area (Å²) in [7, 11) is -8.36. The third kappa shape index (κ3) is 16.4. The Bertz CT molecular complexity index is 2930. The number of imidazole rings is 1. The Morgan fingerprint density at radius 1 is 0.623 bits per heavy atom. The van der Waals surface area contributed by atoms with E-state index < -0.39 is 31.9 Å². The van der Waals surface area contributed by atoms with E-state index in [0.717, 1.165) is 31.4 Å². The highest BCUT2D eigenvalue weighted by Crippen LogP contribution is 2.39. The summed E-state index contributed by atoms with van der Waals surface area (Å²) in [4.78, 5) is 37.0. The van der Waals surface area contributed by atoms with Crippen LogP contribution in [0.1, 0.15) is 71.6 Å². The van der Waals surface area contributed by atoms with Gasteiger partial charge in [0.05, 0.1) is 29.3 Å². The van der Waals surface area contributed by atoms with Crippen molar-refractivity contribution in [2.24, 2.45) is 16.0 Å². The summed E-state index contributed by atoms with van der Waals surface area (Å²) in [5.41, 5.74) is 7.94. The standard InChI is InChI=1S/C23H26N4O4S.C20H22N4O4S.C6H8N2/c1-2-3-12-26-20-14-17(23(28)27-16-18-9-7-8-13-25-18)15-21(32(24,29)30)22(20)31-19-10-5-4-6-11-19;1-2-3-9-23-17-12-15(20(25)24-11-10-22-14-24)13-18(29(21,26)27)19(17)28-16-7-5-4-6-8-16;7-5-6-3-1-2-4-8-6/h4-11,13-15,26H,2-3,12,16H2,1H3,(H,27,28)(H2,24,29,30);4-8,10-14,23H,2-3,9H2,1H3,(H2,21,26,27);1-4H,5,7H2. The zero-order chi connectivity index (χ0) is 49.7. The number of nitrogens with zero attached hydrogens (tertiary/aromatic N) is 4. The number of aromatic nitrogens is 4. The summed E-state index contributed by atoms with van der Waals surface area (Å²) in [5.74, 6) is 0.114. The van der Waals surface area contributed by atoms with E-state index in [1.165, 1.54) is 35.4 Å². The van der Waals surface area contributed by atoms with Crippen molar-refractivity contribution in [3.8, 4) is 23.0 Å². The molecule has 3 heterocycles. The maximum Gasteiger partial charge on any atom is 0.263 e. The number of unbranched alkanes of at least 4 members (excludes halogenated alkanes) is 2. The monoisotopic (exact) mass is 976 g/mol. The third-order valence-corrected chi connectivity index (χ3v) is 11.5. The van der Waals surface area contributed by atoms with Crippen molar-refractivity contribution in [2.45, 2.75) is 62.4 Å². The maximum absolute atomic E-state index is 12.8. The predicted octanol–water partition coefficient (Wildman–Crippen LogP) is 7.43. The van der Waals surface area contributed by atoms with Crippen LogP contribution in [0.15, 0.2) is 162 Å². The normalized spacial score (nSPS) is 10.9. The van der Waals surface area contributed by atoms with Crippen LogP contribution in [0.2, 0.25) is 0 Å². The highest BCUT2D eigenvalue weighted by atomic mass is 32.2. The van der Waals surface area contributed by atoms with E-state index in [-0.39, 0.29) is 39.0 Å². The summed E-state index contributed by atoms with van der Waals surface area (Å²) in [5, 5.41) is 20.0. The number of para-hydroxylation sites is 2. The number of pyridine rings is 2. The number of primary sulfonamides is 2. The Balaban J connectivity index is 0.000000222. The number of carbonyl (C=O) groups is 2. The lowest BCUT2D eigenvalue weighted by Crippen LogP contribution is -2.24. The summed E-state index contributed by atoms with van der Waals surface area (Å²) >= 11 is 0. The summed E-state index contributed by atoms with van der Waals surface area (Å²) < 4.78 is 62.5. The minimum Gasteiger partial charge on any atom is -0.454 e. The number of amides is 1. The minimum absolute atomic E-state index is 0.0519. The quantitative estimate of drug-likeness (QED) is 0.0430. The first-order valence-corrected chi connectivity index (χ1v) is 25.0. The molecule has 0 aliphatic heterocycles. The number of nitrogens with two attached hydrogens (primary N) is 3. The second-order valence-corrected chi connectivity index (χ2v) is 18.0. The fourth-order valence-electron chi connectivity index (χ4n) is 6.19. The first kappa shape index (κ1) is 52.5. The SMILES string of the molecule is CCCCNc1cc(C(=O)NCc2ccccn2)cc(S(N)(=O)=O)c1Oc1ccccc1.CCCCNc1cc(C(=O)n2ccnc2)cc(S(N)(=O)=O)c1Oc1ccccc1.NCc1ccccn1. The lowest BCUT2D eigenvalue weighted by atomic mass is 10.1. The van der Waals surface area contributed by atoms with Gasteiger partial charge in [-0.25, -0.2) is 32.1 Å². The van der Waals surface area contributed by atoms with Crippen molar-refractivity contribution in [3.05, 3.63) is 175 Å². The van der Waals surface area contributed by atoms with Crippen LogP contribution in [-0.4, -0.2) is 61.3 Å². The first-order valence-electron chi connectivity index (χ1n) is 21.9. The number of carbonyl (C=O) groups excluding carboxylic acids is 2. The molecule has 0 aliphatic carbocycles. The lowest BCUT2D eigenvalue weighted by Gasteiger charge is -2.18. The Morgan fingerprint density at radius 3 is 1.52 bits per heavy atom. The Labute approximate surface area is 402 Å². The minimum atomic E-state index is -4.19. The van der Waals surface area contributed by atoms with E-state index in [4.69, 9.17) is 25.5 Å². The van der Waals surface area contributed by atoms with Crippen LogP contribution in [0.4, 0.5) is 11.4 Å². The van der Waals surface area contributed by atoms with Crippen LogP contribution in [0.3, 0.4) is 0 Å². The van der Waals surface area contributed by atoms with E-state index in [9.17, 15) is 26.4 Å². The molecule has 69 heavy (non-hydrogen) atoms. The van der Waals surface area contributed by atoms with Gasteiger partial charge in [-0.3, -0.25) is 24.1 Å². The molecule has 0 unspecified atom stereocenters. The molecule has 362 valence electrons. The number of hydrogen-bond donors (Lipinski definition) is 6. The molecule has 0 bridgehead atoms. The molecule has 0 aliphatic rings. The van der Waals surface area contributed by atoms with E-state index in [1.807, 2.05) is 50.2 Å². The average molecular weight is 977 g/mol. The molecule has 0 fully saturated rings. The number of anilines is 2. The lowest BCUT2D eigenvalue weighted by molar-refractivity contribution is 0.0945. The van der Waals surface area contributed by atoms with Crippen molar-refractivity contribution in [3.63, 3.8) is 0 Å². The molecule has 20 heteroatoms. The topological polar surface area (TPSA) is 279 Å². The number of benzene rings is 4. The fourth-order valence-corrected chi connectivity index (χ4v) is 7.59. The molecular weight excluding hydrogens is 921 g/mol. The Kier molecular flexibility index (Phi) is 19.9. The molecule has 0 saturated heterocycles. The summed E-state index contributed by atoms with van der Waals surface area (Å²) in [6, 6.07) is 34.2. The molecule has 0 radical (unpaired) electrons. The molecular formula is C49H56N10O8S2. The number of hydrogen-bond acceptors (Lipinski definition) is 14. The predicted molar refractivity (Wildman–Crippen MR) is 265 cm³/mol. The number of nitrogens with one attached hydrogen (secondary N) is 3.